The van der Waals surface area contributed by atoms with E-state index in [0.29, 0.717) is 5.76 Å². The van der Waals surface area contributed by atoms with E-state index in [1.165, 1.54) is 31.3 Å². The monoisotopic (exact) mass is 511 g/mol. The Hall–Kier alpha value is -2.86. The standard InChI is InChI=1S/C19H18BrN3O7S/c1-5-29-18(27)16-17(26)23(3)19(31-16)22-21-7-9-13(25)12(20)15-11(14(9)28-4)10(24)6-8(2)30-15/h6-7,16,25H,5H2,1-4H3/b21-7+,22-19-. The summed E-state index contributed by atoms with van der Waals surface area (Å²) in [6.45, 7) is 3.41. The van der Waals surface area contributed by atoms with Crippen LogP contribution in [0.5, 0.6) is 11.5 Å². The van der Waals surface area contributed by atoms with Crippen molar-refractivity contribution in [3.05, 3.63) is 32.1 Å². The lowest BCUT2D eigenvalue weighted by atomic mass is 10.1. The van der Waals surface area contributed by atoms with E-state index < -0.39 is 17.1 Å². The molecule has 1 aromatic heterocycles. The normalized spacial score (nSPS) is 17.8. The number of phenolic OH excluding ortho intramolecular Hbond substituents is 1. The predicted molar refractivity (Wildman–Crippen MR) is 119 cm³/mol. The van der Waals surface area contributed by atoms with Crippen LogP contribution in [0.4, 0.5) is 0 Å². The van der Waals surface area contributed by atoms with Gasteiger partial charge in [0.05, 0.1) is 25.5 Å². The fourth-order valence-corrected chi connectivity index (χ4v) is 4.35. The van der Waals surface area contributed by atoms with Crippen molar-refractivity contribution < 1.29 is 28.6 Å². The van der Waals surface area contributed by atoms with E-state index in [9.17, 15) is 19.5 Å². The maximum absolute atomic E-state index is 12.5. The molecule has 1 aliphatic heterocycles. The van der Waals surface area contributed by atoms with Crippen LogP contribution in [0.3, 0.4) is 0 Å². The summed E-state index contributed by atoms with van der Waals surface area (Å²) < 4.78 is 16.0. The molecule has 0 saturated carbocycles. The molecular formula is C19H18BrN3O7S. The minimum absolute atomic E-state index is 0.0568. The van der Waals surface area contributed by atoms with Crippen LogP contribution in [-0.4, -0.2) is 59.3 Å². The van der Waals surface area contributed by atoms with Gasteiger partial charge in [-0.1, -0.05) is 11.8 Å². The highest BCUT2D eigenvalue weighted by Gasteiger charge is 2.41. The highest BCUT2D eigenvalue weighted by atomic mass is 79.9. The van der Waals surface area contributed by atoms with Crippen LogP contribution >= 0.6 is 27.7 Å². The Kier molecular flexibility index (Phi) is 6.70. The maximum atomic E-state index is 12.5. The molecule has 0 radical (unpaired) electrons. The van der Waals surface area contributed by atoms with Crippen molar-refractivity contribution in [1.82, 2.24) is 4.90 Å². The molecule has 1 aliphatic rings. The average molecular weight is 512 g/mol. The number of thioether (sulfide) groups is 1. The Morgan fingerprint density at radius 1 is 1.45 bits per heavy atom. The number of carbonyl (C=O) groups excluding carboxylic acids is 2. The van der Waals surface area contributed by atoms with Crippen LogP contribution in [0.1, 0.15) is 18.2 Å². The average Bonchev–Trinajstić information content (AvgIpc) is 3.01. The third kappa shape index (κ3) is 4.17. The number of hydrogen-bond acceptors (Lipinski definition) is 10. The first-order valence-corrected chi connectivity index (χ1v) is 10.6. The fourth-order valence-electron chi connectivity index (χ4n) is 2.88. The Bertz CT molecular complexity index is 1190. The van der Waals surface area contributed by atoms with Gasteiger partial charge < -0.3 is 19.0 Å². The largest absolute Gasteiger partial charge is 0.506 e. The number of methoxy groups -OCH3 is 1. The van der Waals surface area contributed by atoms with Crippen LogP contribution in [0, 0.1) is 6.92 Å². The van der Waals surface area contributed by atoms with E-state index in [1.807, 2.05) is 0 Å². The molecule has 1 N–H and O–H groups in total. The molecule has 164 valence electrons. The number of benzene rings is 1. The van der Waals surface area contributed by atoms with E-state index in [-0.39, 0.29) is 49.7 Å². The van der Waals surface area contributed by atoms with Gasteiger partial charge in [-0.3, -0.25) is 19.3 Å². The molecule has 1 atom stereocenters. The Morgan fingerprint density at radius 3 is 2.81 bits per heavy atom. The van der Waals surface area contributed by atoms with E-state index in [1.54, 1.807) is 13.8 Å². The second kappa shape index (κ2) is 9.10. The van der Waals surface area contributed by atoms with Crippen LogP contribution in [0.2, 0.25) is 0 Å². The third-order valence-electron chi connectivity index (χ3n) is 4.30. The number of aromatic hydroxyl groups is 1. The topological polar surface area (TPSA) is 131 Å². The zero-order valence-electron chi connectivity index (χ0n) is 17.0. The second-order valence-electron chi connectivity index (χ2n) is 6.31. The van der Waals surface area contributed by atoms with Gasteiger partial charge in [-0.05, 0) is 29.8 Å². The van der Waals surface area contributed by atoms with Gasteiger partial charge in [0.2, 0.25) is 0 Å². The number of amides is 1. The first-order chi connectivity index (χ1) is 14.7. The number of esters is 1. The first kappa shape index (κ1) is 22.8. The Labute approximate surface area is 189 Å². The number of ether oxygens (including phenoxy) is 2. The number of nitrogens with zero attached hydrogens (tertiary/aromatic N) is 3. The summed E-state index contributed by atoms with van der Waals surface area (Å²) in [5.74, 6) is -0.969. The summed E-state index contributed by atoms with van der Waals surface area (Å²) in [5, 5.41) is 17.7. The molecule has 12 heteroatoms. The van der Waals surface area contributed by atoms with Gasteiger partial charge in [-0.15, -0.1) is 5.10 Å². The molecular weight excluding hydrogens is 494 g/mol. The van der Waals surface area contributed by atoms with E-state index in [4.69, 9.17) is 13.9 Å². The zero-order chi connectivity index (χ0) is 22.9. The summed E-state index contributed by atoms with van der Waals surface area (Å²) in [6, 6.07) is 1.31. The first-order valence-electron chi connectivity index (χ1n) is 8.95. The summed E-state index contributed by atoms with van der Waals surface area (Å²) in [7, 11) is 2.80. The molecule has 1 unspecified atom stereocenters. The van der Waals surface area contributed by atoms with E-state index in [2.05, 4.69) is 26.1 Å². The molecule has 0 spiro atoms. The second-order valence-corrected chi connectivity index (χ2v) is 8.17. The van der Waals surface area contributed by atoms with E-state index in [0.717, 1.165) is 11.8 Å². The number of phenols is 1. The Balaban J connectivity index is 2.02. The molecule has 1 saturated heterocycles. The van der Waals surface area contributed by atoms with Crippen LogP contribution < -0.4 is 10.2 Å². The molecule has 2 heterocycles. The summed E-state index contributed by atoms with van der Waals surface area (Å²) in [4.78, 5) is 37.8. The molecule has 3 rings (SSSR count). The number of carbonyl (C=O) groups is 2. The summed E-state index contributed by atoms with van der Waals surface area (Å²) >= 11 is 4.14. The van der Waals surface area contributed by atoms with Gasteiger partial charge in [0, 0.05) is 13.1 Å². The molecule has 0 aliphatic carbocycles. The molecule has 0 bridgehead atoms. The lowest BCUT2D eigenvalue weighted by Gasteiger charge is -2.12. The van der Waals surface area contributed by atoms with Crippen molar-refractivity contribution in [1.29, 1.82) is 0 Å². The number of hydrogen-bond donors (Lipinski definition) is 1. The Morgan fingerprint density at radius 2 is 2.16 bits per heavy atom. The molecule has 1 amide bonds. The number of rotatable bonds is 5. The quantitative estimate of drug-likeness (QED) is 0.280. The number of amidine groups is 1. The number of aryl methyl sites for hydroxylation is 1. The van der Waals surface area contributed by atoms with Gasteiger partial charge in [-0.25, -0.2) is 0 Å². The van der Waals surface area contributed by atoms with Gasteiger partial charge in [0.15, 0.2) is 21.4 Å². The minimum Gasteiger partial charge on any atom is -0.506 e. The van der Waals surface area contributed by atoms with Crippen LogP contribution in [0.15, 0.2) is 30.0 Å². The van der Waals surface area contributed by atoms with Crippen molar-refractivity contribution in [2.24, 2.45) is 10.2 Å². The van der Waals surface area contributed by atoms with Gasteiger partial charge in [0.1, 0.15) is 27.1 Å². The number of halogens is 1. The molecule has 2 aromatic rings. The predicted octanol–water partition coefficient (Wildman–Crippen LogP) is 2.40. The van der Waals surface area contributed by atoms with E-state index >= 15 is 0 Å². The molecule has 10 nitrogen and oxygen atoms in total. The molecule has 1 aromatic carbocycles. The smallest absolute Gasteiger partial charge is 0.329 e. The van der Waals surface area contributed by atoms with Crippen molar-refractivity contribution in [3.8, 4) is 11.5 Å². The minimum atomic E-state index is -1.05. The lowest BCUT2D eigenvalue weighted by Crippen LogP contribution is -2.32. The van der Waals surface area contributed by atoms with Gasteiger partial charge in [-0.2, -0.15) is 5.10 Å². The summed E-state index contributed by atoms with van der Waals surface area (Å²) in [6.07, 6.45) is 1.18. The lowest BCUT2D eigenvalue weighted by molar-refractivity contribution is -0.146. The van der Waals surface area contributed by atoms with Gasteiger partial charge >= 0.3 is 5.97 Å². The zero-order valence-corrected chi connectivity index (χ0v) is 19.4. The summed E-state index contributed by atoms with van der Waals surface area (Å²) in [5.41, 5.74) is -0.135. The third-order valence-corrected chi connectivity index (χ3v) is 6.24. The maximum Gasteiger partial charge on any atom is 0.329 e. The van der Waals surface area contributed by atoms with Crippen LogP contribution in [0.25, 0.3) is 11.0 Å². The van der Waals surface area contributed by atoms with Crippen molar-refractivity contribution >= 4 is 61.9 Å². The molecule has 1 fully saturated rings. The fraction of sp³-hybridized carbons (Fsp3) is 0.316. The van der Waals surface area contributed by atoms with Crippen molar-refractivity contribution in [2.45, 2.75) is 19.1 Å². The van der Waals surface area contributed by atoms with Crippen molar-refractivity contribution in [2.75, 3.05) is 20.8 Å². The van der Waals surface area contributed by atoms with Crippen LogP contribution in [-0.2, 0) is 14.3 Å². The molecule has 31 heavy (non-hydrogen) atoms. The highest BCUT2D eigenvalue weighted by Crippen LogP contribution is 2.41. The SMILES string of the molecule is CCOC(=O)C1S/C(=N\N=C\c2c(O)c(Br)c3oc(C)cc(=O)c3c2OC)N(C)C1=O. The van der Waals surface area contributed by atoms with Gasteiger partial charge in [0.25, 0.3) is 5.91 Å². The number of fused-ring (bicyclic) bond motifs is 1. The van der Waals surface area contributed by atoms with Crippen molar-refractivity contribution in [3.63, 3.8) is 0 Å². The highest BCUT2D eigenvalue weighted by molar-refractivity contribution is 9.10.